The predicted octanol–water partition coefficient (Wildman–Crippen LogP) is 23.2. The molecular weight excluding hydrogens is 1280 g/mol. The Labute approximate surface area is 385 Å². The molecule has 40 heteroatoms. The zero-order valence-corrected chi connectivity index (χ0v) is 49.3. The van der Waals surface area contributed by atoms with Crippen LogP contribution in [0.2, 0.25) is 0 Å². The van der Waals surface area contributed by atoms with Crippen LogP contribution in [0.4, 0.5) is 0 Å². The van der Waals surface area contributed by atoms with Gasteiger partial charge in [0.25, 0.3) is 0 Å². The molecule has 0 aromatic carbocycles. The lowest BCUT2D eigenvalue weighted by Gasteiger charge is -2.03. The van der Waals surface area contributed by atoms with Crippen LogP contribution < -0.4 is 0 Å². The van der Waals surface area contributed by atoms with Crippen LogP contribution in [0.15, 0.2) is 0 Å². The summed E-state index contributed by atoms with van der Waals surface area (Å²) >= 11 is 14.4. The Balaban J connectivity index is 3.07. The van der Waals surface area contributed by atoms with Gasteiger partial charge in [-0.3, -0.25) is 0 Å². The molecule has 0 atom stereocenters. The summed E-state index contributed by atoms with van der Waals surface area (Å²) in [6, 6.07) is 0. The van der Waals surface area contributed by atoms with Crippen molar-refractivity contribution in [2.45, 2.75) is 0 Å². The third kappa shape index (κ3) is 49.4. The highest BCUT2D eigenvalue weighted by Gasteiger charge is 2.04. The lowest BCUT2D eigenvalue weighted by molar-refractivity contribution is 0.491. The summed E-state index contributed by atoms with van der Waals surface area (Å²) in [6.45, 7) is -1.79. The topological polar surface area (TPSA) is 9.23 Å². The lowest BCUT2D eigenvalue weighted by atomic mass is 11.8. The highest BCUT2D eigenvalue weighted by Crippen LogP contribution is 2.67. The molecule has 0 saturated heterocycles. The molecule has 0 aliphatic rings. The van der Waals surface area contributed by atoms with Gasteiger partial charge in [-0.05, 0) is 101 Å². The SMILES string of the molecule is COS(=S)(=S)SSSSSSSSSSSSSSSSSSSSSSSSSSSSSSSSSSSS. The van der Waals surface area contributed by atoms with Crippen LogP contribution in [-0.4, -0.2) is 7.11 Å². The van der Waals surface area contributed by atoms with Crippen LogP contribution in [0.25, 0.3) is 0 Å². The van der Waals surface area contributed by atoms with Gasteiger partial charge in [-0.1, -0.05) is 11.7 Å². The number of rotatable bonds is 36. The number of hydrogen-bond acceptors (Lipinski definition) is 39. The van der Waals surface area contributed by atoms with Crippen LogP contribution >= 0.6 is 356 Å². The summed E-state index contributed by atoms with van der Waals surface area (Å²) in [5.74, 6) is 0. The number of hydrogen-bond donors (Lipinski definition) is 1. The van der Waals surface area contributed by atoms with Gasteiger partial charge in [0.2, 0.25) is 0 Å². The van der Waals surface area contributed by atoms with Gasteiger partial charge in [0.15, 0.2) is 0 Å². The minimum atomic E-state index is -1.79. The Morgan fingerprint density at radius 2 is 0.512 bits per heavy atom. The van der Waals surface area contributed by atoms with E-state index in [-0.39, 0.29) is 0 Å². The predicted molar refractivity (Wildman–Crippen MR) is 304 cm³/mol. The fourth-order valence-electron chi connectivity index (χ4n) is 0.437. The fourth-order valence-corrected chi connectivity index (χ4v) is 98.4. The van der Waals surface area contributed by atoms with Gasteiger partial charge < -0.3 is 4.18 Å². The second-order valence-corrected chi connectivity index (χ2v) is 72.3. The van der Waals surface area contributed by atoms with Gasteiger partial charge >= 0.3 is 0 Å². The van der Waals surface area contributed by atoms with E-state index in [2.05, 4.69) is 11.7 Å². The van der Waals surface area contributed by atoms with Gasteiger partial charge in [0, 0.05) is 265 Å². The molecule has 41 heavy (non-hydrogen) atoms. The summed E-state index contributed by atoms with van der Waals surface area (Å²) < 4.78 is 5.10. The maximum atomic E-state index is 5.15. The summed E-state index contributed by atoms with van der Waals surface area (Å²) in [6.07, 6.45) is 0. The molecule has 0 aromatic rings. The molecule has 0 aliphatic heterocycles. The maximum Gasteiger partial charge on any atom is 0.0817 e. The Kier molecular flexibility index (Phi) is 63.3. The molecule has 0 heterocycles. The van der Waals surface area contributed by atoms with E-state index in [1.165, 1.54) is 19.7 Å². The van der Waals surface area contributed by atoms with Gasteiger partial charge in [-0.15, -0.1) is 0 Å². The molecular formula is CH4OS39. The molecule has 1 nitrogen and oxygen atoms in total. The zero-order chi connectivity index (χ0) is 30.0. The van der Waals surface area contributed by atoms with Crippen molar-refractivity contribution in [1.82, 2.24) is 0 Å². The van der Waals surface area contributed by atoms with Crippen molar-refractivity contribution in [2.75, 3.05) is 7.11 Å². The molecule has 0 radical (unpaired) electrons. The van der Waals surface area contributed by atoms with Gasteiger partial charge in [0.05, 0.1) is 13.6 Å². The summed E-state index contributed by atoms with van der Waals surface area (Å²) in [4.78, 5) is 0. The average Bonchev–Trinajstić information content (AvgIpc) is 2.97. The zero-order valence-electron chi connectivity index (χ0n) is 17.4. The van der Waals surface area contributed by atoms with Crippen LogP contribution in [0.5, 0.6) is 0 Å². The third-order valence-corrected chi connectivity index (χ3v) is 83.8. The molecule has 0 spiro atoms. The van der Waals surface area contributed by atoms with Crippen LogP contribution in [0, 0.1) is 0 Å². The lowest BCUT2D eigenvalue weighted by Crippen LogP contribution is -1.87. The minimum absolute atomic E-state index is 1.46. The number of thiol groups is 1. The first kappa shape index (κ1) is 54.3. The van der Waals surface area contributed by atoms with Gasteiger partial charge in [0.1, 0.15) is 0 Å². The Hall–Kier alpha value is 13.3. The first-order valence-corrected chi connectivity index (χ1v) is 58.1. The molecule has 0 fully saturated rings. The quantitative estimate of drug-likeness (QED) is 0.0362. The molecule has 248 valence electrons. The van der Waals surface area contributed by atoms with E-state index in [1.54, 1.807) is 164 Å². The Morgan fingerprint density at radius 3 is 0.683 bits per heavy atom. The van der Waals surface area contributed by atoms with Gasteiger partial charge in [-0.25, -0.2) is 0 Å². The van der Waals surface area contributed by atoms with E-state index in [4.69, 9.17) is 26.6 Å². The summed E-state index contributed by atoms with van der Waals surface area (Å²) in [5, 5.41) is 0. The van der Waals surface area contributed by atoms with E-state index < -0.39 is 6.46 Å². The monoisotopic (exact) mass is 1280 g/mol. The van der Waals surface area contributed by atoms with E-state index in [9.17, 15) is 0 Å². The largest absolute Gasteiger partial charge is 0.305 e. The molecule has 0 rings (SSSR count). The molecule has 0 bridgehead atoms. The highest BCUT2D eigenvalue weighted by atomic mass is 34.1. The standard InChI is InChI=1S/CH4OS39/c1-2-41(4,5)40-39-38-37-36-35-34-33-32-31-30-29-28-27-26-25-24-23-22-21-20-19-18-17-16-15-14-13-12-11-10-9-8-7-6-3/h3H,1H3. The third-order valence-electron chi connectivity index (χ3n) is 1.23. The molecule has 0 unspecified atom stereocenters. The van der Waals surface area contributed by atoms with E-state index >= 15 is 0 Å². The average molecular weight is 1280 g/mol. The second kappa shape index (κ2) is 47.7. The van der Waals surface area contributed by atoms with Crippen molar-refractivity contribution >= 4 is 384 Å². The molecule has 0 aromatic heterocycles. The van der Waals surface area contributed by atoms with Crippen LogP contribution in [0.3, 0.4) is 0 Å². The highest BCUT2D eigenvalue weighted by molar-refractivity contribution is 9.61. The Morgan fingerprint density at radius 1 is 0.341 bits per heavy atom. The van der Waals surface area contributed by atoms with Crippen molar-refractivity contribution in [2.24, 2.45) is 0 Å². The molecule has 0 N–H and O–H groups in total. The van der Waals surface area contributed by atoms with Crippen molar-refractivity contribution in [1.29, 1.82) is 0 Å². The minimum Gasteiger partial charge on any atom is -0.305 e. The van der Waals surface area contributed by atoms with Crippen molar-refractivity contribution < 1.29 is 4.18 Å². The van der Waals surface area contributed by atoms with Crippen molar-refractivity contribution in [3.05, 3.63) is 0 Å². The first-order chi connectivity index (χ1) is 20.1. The molecule has 0 saturated carbocycles. The first-order valence-electron chi connectivity index (χ1n) is 6.92. The second-order valence-electron chi connectivity index (χ2n) is 2.96. The normalized spacial score (nSPS) is 12.0. The van der Waals surface area contributed by atoms with Crippen LogP contribution in [0.1, 0.15) is 0 Å². The van der Waals surface area contributed by atoms with E-state index in [0.29, 0.717) is 0 Å². The summed E-state index contributed by atoms with van der Waals surface area (Å²) in [7, 11) is 63.4. The molecule has 0 amide bonds. The fraction of sp³-hybridized carbons (Fsp3) is 1.00. The summed E-state index contributed by atoms with van der Waals surface area (Å²) in [5.41, 5.74) is 0. The van der Waals surface area contributed by atoms with Crippen molar-refractivity contribution in [3.63, 3.8) is 0 Å². The van der Waals surface area contributed by atoms with Crippen molar-refractivity contribution in [3.8, 4) is 0 Å². The Bertz CT molecular complexity index is 566. The maximum absolute atomic E-state index is 5.15. The van der Waals surface area contributed by atoms with Crippen LogP contribution in [-0.2, 0) is 33.0 Å². The van der Waals surface area contributed by atoms with E-state index in [0.717, 1.165) is 0 Å². The van der Waals surface area contributed by atoms with Gasteiger partial charge in [-0.2, -0.15) is 0 Å². The smallest absolute Gasteiger partial charge is 0.0817 e. The molecule has 0 aliphatic carbocycles. The van der Waals surface area contributed by atoms with E-state index in [1.807, 2.05) is 167 Å².